The number of nitrogens with one attached hydrogen (secondary N) is 1. The maximum Gasteiger partial charge on any atom is 0.321 e. The van der Waals surface area contributed by atoms with Gasteiger partial charge in [0.2, 0.25) is 0 Å². The molecule has 0 aliphatic carbocycles. The Labute approximate surface area is 175 Å². The second-order valence-corrected chi connectivity index (χ2v) is 8.37. The molecule has 6 nitrogen and oxygen atoms in total. The zero-order valence-corrected chi connectivity index (χ0v) is 18.3. The van der Waals surface area contributed by atoms with Crippen molar-refractivity contribution in [2.75, 3.05) is 32.2 Å². The van der Waals surface area contributed by atoms with Crippen molar-refractivity contribution in [2.24, 2.45) is 0 Å². The molecule has 0 bridgehead atoms. The van der Waals surface area contributed by atoms with Gasteiger partial charge in [-0.2, -0.15) is 4.98 Å². The van der Waals surface area contributed by atoms with E-state index in [1.807, 2.05) is 62.3 Å². The molecular formula is C22H29N3O3S. The van der Waals surface area contributed by atoms with Crippen LogP contribution in [0.4, 0.5) is 5.69 Å². The van der Waals surface area contributed by atoms with Crippen molar-refractivity contribution in [1.82, 2.24) is 9.97 Å². The van der Waals surface area contributed by atoms with E-state index < -0.39 is 11.2 Å². The monoisotopic (exact) mass is 415 g/mol. The van der Waals surface area contributed by atoms with Crippen molar-refractivity contribution in [2.45, 2.75) is 37.6 Å². The van der Waals surface area contributed by atoms with E-state index in [-0.39, 0.29) is 0 Å². The number of hydrogen-bond donors (Lipinski definition) is 1. The summed E-state index contributed by atoms with van der Waals surface area (Å²) >= 11 is -1.29. The molecule has 0 aliphatic rings. The number of anilines is 1. The number of ether oxygens (including phenoxy) is 2. The molecule has 3 aromatic rings. The van der Waals surface area contributed by atoms with Gasteiger partial charge in [0.15, 0.2) is 11.5 Å². The molecular weight excluding hydrogens is 386 g/mol. The summed E-state index contributed by atoms with van der Waals surface area (Å²) in [7, 11) is 3.97. The van der Waals surface area contributed by atoms with Gasteiger partial charge in [-0.3, -0.25) is 4.98 Å². The number of rotatable bonds is 10. The van der Waals surface area contributed by atoms with E-state index in [4.69, 9.17) is 9.47 Å². The van der Waals surface area contributed by atoms with Crippen molar-refractivity contribution in [3.05, 3.63) is 42.0 Å². The minimum absolute atomic E-state index is 0.395. The van der Waals surface area contributed by atoms with E-state index in [1.165, 1.54) is 0 Å². The Morgan fingerprint density at radius 2 is 1.86 bits per heavy atom. The summed E-state index contributed by atoms with van der Waals surface area (Å²) in [6.07, 6.45) is 2.04. The van der Waals surface area contributed by atoms with E-state index in [1.54, 1.807) is 0 Å². The van der Waals surface area contributed by atoms with Gasteiger partial charge in [-0.25, -0.2) is 0 Å². The Morgan fingerprint density at radius 3 is 2.59 bits per heavy atom. The second-order valence-electron chi connectivity index (χ2n) is 7.01. The SMILES string of the molecule is CCCCOc1cc2nc([S+]([O-])Cc3ccccc3N(C)C)[nH]c2cc1OCC. The molecule has 156 valence electrons. The summed E-state index contributed by atoms with van der Waals surface area (Å²) in [6.45, 7) is 5.24. The fourth-order valence-corrected chi connectivity index (χ4v) is 4.18. The summed E-state index contributed by atoms with van der Waals surface area (Å²) in [5, 5.41) is 0.460. The van der Waals surface area contributed by atoms with E-state index >= 15 is 0 Å². The lowest BCUT2D eigenvalue weighted by Gasteiger charge is -2.17. The van der Waals surface area contributed by atoms with Gasteiger partial charge in [-0.1, -0.05) is 31.5 Å². The van der Waals surface area contributed by atoms with Crippen LogP contribution in [0.15, 0.2) is 41.6 Å². The summed E-state index contributed by atoms with van der Waals surface area (Å²) in [6, 6.07) is 11.7. The highest BCUT2D eigenvalue weighted by Gasteiger charge is 2.21. The number of unbranched alkanes of at least 4 members (excludes halogenated alkanes) is 1. The van der Waals surface area contributed by atoms with Crippen LogP contribution < -0.4 is 14.4 Å². The average Bonchev–Trinajstić information content (AvgIpc) is 3.12. The molecule has 0 amide bonds. The standard InChI is InChI=1S/C22H29N3O3S/c1-5-7-12-28-21-14-18-17(13-20(21)27-6-2)23-22(24-18)29(26)15-16-10-8-9-11-19(16)25(3)4/h8-11,13-14H,5-7,12,15H2,1-4H3,(H,23,24). The number of H-pyrrole nitrogens is 1. The van der Waals surface area contributed by atoms with Crippen LogP contribution in [0.2, 0.25) is 0 Å². The largest absolute Gasteiger partial charge is 0.609 e. The number of fused-ring (bicyclic) bond motifs is 1. The minimum Gasteiger partial charge on any atom is -0.609 e. The maximum atomic E-state index is 13.0. The third-order valence-corrected chi connectivity index (χ3v) is 5.75. The highest BCUT2D eigenvalue weighted by Crippen LogP contribution is 2.33. The second kappa shape index (κ2) is 9.89. The first kappa shape index (κ1) is 21.3. The van der Waals surface area contributed by atoms with Crippen molar-refractivity contribution >= 4 is 27.9 Å². The zero-order valence-electron chi connectivity index (χ0n) is 17.5. The quantitative estimate of drug-likeness (QED) is 0.389. The molecule has 1 aromatic heterocycles. The van der Waals surface area contributed by atoms with Gasteiger partial charge >= 0.3 is 5.16 Å². The molecule has 1 unspecified atom stereocenters. The van der Waals surface area contributed by atoms with Gasteiger partial charge in [0, 0.05) is 48.7 Å². The molecule has 1 atom stereocenters. The Morgan fingerprint density at radius 1 is 1.10 bits per heavy atom. The maximum absolute atomic E-state index is 13.0. The van der Waals surface area contributed by atoms with E-state index in [0.717, 1.165) is 35.1 Å². The Balaban J connectivity index is 1.86. The Kier molecular flexibility index (Phi) is 7.28. The lowest BCUT2D eigenvalue weighted by molar-refractivity contribution is 0.273. The van der Waals surface area contributed by atoms with E-state index in [2.05, 4.69) is 16.9 Å². The average molecular weight is 416 g/mol. The summed E-state index contributed by atoms with van der Waals surface area (Å²) in [5.41, 5.74) is 3.60. The number of imidazole rings is 1. The van der Waals surface area contributed by atoms with Crippen LogP contribution in [0.1, 0.15) is 32.3 Å². The normalized spacial score (nSPS) is 12.2. The minimum atomic E-state index is -1.29. The third-order valence-electron chi connectivity index (χ3n) is 4.56. The Bertz CT molecular complexity index is 942. The lowest BCUT2D eigenvalue weighted by atomic mass is 10.2. The van der Waals surface area contributed by atoms with Crippen molar-refractivity contribution in [3.63, 3.8) is 0 Å². The van der Waals surface area contributed by atoms with Crippen LogP contribution in [0, 0.1) is 0 Å². The molecule has 0 fully saturated rings. The Hall–Kier alpha value is -2.38. The number of aromatic nitrogens is 2. The molecule has 2 aromatic carbocycles. The van der Waals surface area contributed by atoms with Crippen LogP contribution in [0.5, 0.6) is 11.5 Å². The molecule has 29 heavy (non-hydrogen) atoms. The van der Waals surface area contributed by atoms with Gasteiger partial charge < -0.3 is 18.9 Å². The van der Waals surface area contributed by atoms with Gasteiger partial charge in [0.1, 0.15) is 5.75 Å². The van der Waals surface area contributed by atoms with Gasteiger partial charge in [-0.05, 0) is 19.4 Å². The molecule has 0 spiro atoms. The van der Waals surface area contributed by atoms with E-state index in [0.29, 0.717) is 35.6 Å². The van der Waals surface area contributed by atoms with Crippen LogP contribution in [-0.4, -0.2) is 41.8 Å². The lowest BCUT2D eigenvalue weighted by Crippen LogP contribution is -2.14. The summed E-state index contributed by atoms with van der Waals surface area (Å²) in [5.74, 6) is 1.75. The predicted octanol–water partition coefficient (Wildman–Crippen LogP) is 4.51. The van der Waals surface area contributed by atoms with Crippen molar-refractivity contribution in [3.8, 4) is 11.5 Å². The fraction of sp³-hybridized carbons (Fsp3) is 0.409. The predicted molar refractivity (Wildman–Crippen MR) is 119 cm³/mol. The molecule has 1 N–H and O–H groups in total. The van der Waals surface area contributed by atoms with Crippen molar-refractivity contribution < 1.29 is 14.0 Å². The van der Waals surface area contributed by atoms with Gasteiger partial charge in [-0.15, -0.1) is 0 Å². The van der Waals surface area contributed by atoms with Crippen LogP contribution in [0.25, 0.3) is 11.0 Å². The van der Waals surface area contributed by atoms with Crippen LogP contribution in [-0.2, 0) is 16.9 Å². The zero-order chi connectivity index (χ0) is 20.8. The number of hydrogen-bond acceptors (Lipinski definition) is 5. The first-order chi connectivity index (χ1) is 14.0. The van der Waals surface area contributed by atoms with E-state index in [9.17, 15) is 4.55 Å². The molecule has 1 heterocycles. The molecule has 3 rings (SSSR count). The molecule has 0 aliphatic heterocycles. The van der Waals surface area contributed by atoms with Gasteiger partial charge in [0.25, 0.3) is 0 Å². The highest BCUT2D eigenvalue weighted by molar-refractivity contribution is 7.90. The number of para-hydroxylation sites is 1. The molecule has 0 saturated carbocycles. The number of nitrogens with zero attached hydrogens (tertiary/aromatic N) is 2. The molecule has 0 radical (unpaired) electrons. The number of aromatic amines is 1. The first-order valence-electron chi connectivity index (χ1n) is 9.96. The fourth-order valence-electron chi connectivity index (χ4n) is 3.09. The third kappa shape index (κ3) is 5.16. The van der Waals surface area contributed by atoms with Crippen LogP contribution in [0.3, 0.4) is 0 Å². The highest BCUT2D eigenvalue weighted by atomic mass is 32.2. The summed E-state index contributed by atoms with van der Waals surface area (Å²) in [4.78, 5) is 9.79. The number of benzene rings is 2. The smallest absolute Gasteiger partial charge is 0.321 e. The topological polar surface area (TPSA) is 73.4 Å². The summed E-state index contributed by atoms with van der Waals surface area (Å²) < 4.78 is 24.6. The van der Waals surface area contributed by atoms with Crippen molar-refractivity contribution in [1.29, 1.82) is 0 Å². The molecule has 7 heteroatoms. The van der Waals surface area contributed by atoms with Crippen LogP contribution >= 0.6 is 0 Å². The van der Waals surface area contributed by atoms with Gasteiger partial charge in [0.05, 0.1) is 24.2 Å². The molecule has 0 saturated heterocycles. The first-order valence-corrected chi connectivity index (χ1v) is 11.3.